The molecule has 2 unspecified atom stereocenters. The van der Waals surface area contributed by atoms with Gasteiger partial charge < -0.3 is 4.98 Å². The van der Waals surface area contributed by atoms with Gasteiger partial charge in [-0.15, -0.1) is 11.3 Å². The Morgan fingerprint density at radius 3 is 2.86 bits per heavy atom. The topological polar surface area (TPSA) is 95.3 Å². The molecule has 0 aromatic carbocycles. The lowest BCUT2D eigenvalue weighted by Crippen LogP contribution is -2.15. The van der Waals surface area contributed by atoms with Crippen LogP contribution in [0.25, 0.3) is 10.2 Å². The molecule has 3 aromatic rings. The lowest BCUT2D eigenvalue weighted by atomic mass is 9.89. The Kier molecular flexibility index (Phi) is 4.98. The molecule has 1 N–H and O–H groups in total. The van der Waals surface area contributed by atoms with E-state index in [1.54, 1.807) is 11.3 Å². The third-order valence-electron chi connectivity index (χ3n) is 5.14. The number of fused-ring (bicyclic) bond motifs is 3. The van der Waals surface area contributed by atoms with E-state index in [4.69, 9.17) is 4.98 Å². The Bertz CT molecular complexity index is 1170. The second-order valence-electron chi connectivity index (χ2n) is 7.39. The fourth-order valence-electron chi connectivity index (χ4n) is 3.68. The Balaban J connectivity index is 1.72. The highest BCUT2D eigenvalue weighted by Gasteiger charge is 2.24. The van der Waals surface area contributed by atoms with E-state index < -0.39 is 0 Å². The number of H-pyrrole nitrogens is 1. The Morgan fingerprint density at radius 1 is 1.32 bits per heavy atom. The summed E-state index contributed by atoms with van der Waals surface area (Å²) >= 11 is 3.08. The second kappa shape index (κ2) is 7.30. The van der Waals surface area contributed by atoms with E-state index in [2.05, 4.69) is 27.9 Å². The molecule has 4 rings (SSSR count). The van der Waals surface area contributed by atoms with Gasteiger partial charge in [-0.05, 0) is 51.5 Å². The van der Waals surface area contributed by atoms with Crippen molar-refractivity contribution in [2.45, 2.75) is 57.2 Å². The molecule has 0 saturated carbocycles. The zero-order valence-electron chi connectivity index (χ0n) is 16.3. The third kappa shape index (κ3) is 3.33. The number of aryl methyl sites for hydroxylation is 3. The van der Waals surface area contributed by atoms with Crippen LogP contribution in [0.3, 0.4) is 0 Å². The van der Waals surface area contributed by atoms with Crippen LogP contribution in [-0.4, -0.2) is 19.9 Å². The number of thioether (sulfide) groups is 1. The normalized spacial score (nSPS) is 17.3. The van der Waals surface area contributed by atoms with Crippen LogP contribution in [0.2, 0.25) is 0 Å². The first-order chi connectivity index (χ1) is 13.4. The molecule has 0 fully saturated rings. The monoisotopic (exact) mass is 411 g/mol. The molecule has 0 spiro atoms. The molecule has 6 nitrogen and oxygen atoms in total. The van der Waals surface area contributed by atoms with Gasteiger partial charge in [-0.1, -0.05) is 18.7 Å². The van der Waals surface area contributed by atoms with Crippen molar-refractivity contribution in [2.24, 2.45) is 5.92 Å². The highest BCUT2D eigenvalue weighted by atomic mass is 32.2. The predicted molar refractivity (Wildman–Crippen MR) is 112 cm³/mol. The van der Waals surface area contributed by atoms with Crippen LogP contribution in [0.5, 0.6) is 0 Å². The number of aromatic amines is 1. The summed E-state index contributed by atoms with van der Waals surface area (Å²) in [5.74, 6) is 1.90. The van der Waals surface area contributed by atoms with Crippen LogP contribution >= 0.6 is 23.1 Å². The minimum absolute atomic E-state index is 0.0601. The van der Waals surface area contributed by atoms with Crippen LogP contribution in [0.15, 0.2) is 9.82 Å². The molecule has 1 aliphatic carbocycles. The Morgan fingerprint density at radius 2 is 2.11 bits per heavy atom. The molecule has 0 saturated heterocycles. The average molecular weight is 412 g/mol. The maximum absolute atomic E-state index is 12.8. The van der Waals surface area contributed by atoms with E-state index >= 15 is 0 Å². The number of aromatic nitrogens is 4. The standard InChI is InChI=1S/C20H21N5OS2/c1-9-5-6-13-15(7-9)28-20-16(13)18(26)24-17(25-20)11(3)27-19-14(8-21)10(2)22-12(4)23-19/h9,11H,5-7H2,1-4H3,(H,24,25,26). The van der Waals surface area contributed by atoms with Gasteiger partial charge in [0.2, 0.25) is 0 Å². The van der Waals surface area contributed by atoms with Gasteiger partial charge in [-0.25, -0.2) is 15.0 Å². The number of nitrogens with one attached hydrogen (secondary N) is 1. The molecule has 3 heterocycles. The predicted octanol–water partition coefficient (Wildman–Crippen LogP) is 4.24. The molecule has 1 aliphatic rings. The lowest BCUT2D eigenvalue weighted by Gasteiger charge is -2.17. The van der Waals surface area contributed by atoms with Gasteiger partial charge in [0, 0.05) is 4.88 Å². The van der Waals surface area contributed by atoms with Crippen molar-refractivity contribution in [1.29, 1.82) is 5.26 Å². The van der Waals surface area contributed by atoms with E-state index in [0.717, 1.165) is 29.5 Å². The van der Waals surface area contributed by atoms with Crippen molar-refractivity contribution in [3.05, 3.63) is 43.7 Å². The van der Waals surface area contributed by atoms with Crippen molar-refractivity contribution >= 4 is 33.3 Å². The van der Waals surface area contributed by atoms with Gasteiger partial charge in [0.05, 0.1) is 16.3 Å². The number of nitrogens with zero attached hydrogens (tertiary/aromatic N) is 4. The molecule has 144 valence electrons. The van der Waals surface area contributed by atoms with Gasteiger partial charge in [0.25, 0.3) is 5.56 Å². The minimum atomic E-state index is -0.143. The van der Waals surface area contributed by atoms with E-state index in [1.165, 1.54) is 22.2 Å². The summed E-state index contributed by atoms with van der Waals surface area (Å²) in [6.45, 7) is 7.85. The van der Waals surface area contributed by atoms with Crippen LogP contribution in [-0.2, 0) is 12.8 Å². The maximum atomic E-state index is 12.8. The number of thiophene rings is 1. The fourth-order valence-corrected chi connectivity index (χ4v) is 6.12. The quantitative estimate of drug-likeness (QED) is 0.511. The first-order valence-electron chi connectivity index (χ1n) is 9.33. The molecule has 0 aliphatic heterocycles. The maximum Gasteiger partial charge on any atom is 0.259 e. The largest absolute Gasteiger partial charge is 0.309 e. The summed E-state index contributed by atoms with van der Waals surface area (Å²) in [5.41, 5.74) is 2.27. The van der Waals surface area contributed by atoms with Gasteiger partial charge in [0.1, 0.15) is 33.1 Å². The molecule has 0 bridgehead atoms. The first kappa shape index (κ1) is 19.1. The lowest BCUT2D eigenvalue weighted by molar-refractivity contribution is 0.509. The van der Waals surface area contributed by atoms with Crippen molar-refractivity contribution < 1.29 is 0 Å². The van der Waals surface area contributed by atoms with Crippen molar-refractivity contribution in [2.75, 3.05) is 0 Å². The summed E-state index contributed by atoms with van der Waals surface area (Å²) in [4.78, 5) is 31.4. The fraction of sp³-hybridized carbons (Fsp3) is 0.450. The third-order valence-corrected chi connectivity index (χ3v) is 7.38. The average Bonchev–Trinajstić information content (AvgIpc) is 2.99. The summed E-state index contributed by atoms with van der Waals surface area (Å²) in [7, 11) is 0. The molecule has 2 atom stereocenters. The van der Waals surface area contributed by atoms with Crippen LogP contribution in [0.1, 0.15) is 58.9 Å². The number of rotatable bonds is 3. The molecular formula is C20H21N5OS2. The molecule has 0 radical (unpaired) electrons. The SMILES string of the molecule is Cc1nc(C)c(C#N)c(SC(C)c2nc3sc4c(c3c(=O)[nH]2)CCC(C)C4)n1. The molecule has 8 heteroatoms. The van der Waals surface area contributed by atoms with Crippen LogP contribution in [0.4, 0.5) is 0 Å². The van der Waals surface area contributed by atoms with Gasteiger partial charge in [0.15, 0.2) is 0 Å². The van der Waals surface area contributed by atoms with E-state index in [0.29, 0.717) is 33.9 Å². The summed E-state index contributed by atoms with van der Waals surface area (Å²) in [5, 5.41) is 10.7. The molecule has 3 aromatic heterocycles. The van der Waals surface area contributed by atoms with Gasteiger partial charge >= 0.3 is 0 Å². The van der Waals surface area contributed by atoms with Crippen molar-refractivity contribution in [3.63, 3.8) is 0 Å². The molecule has 0 amide bonds. The molecular weight excluding hydrogens is 390 g/mol. The number of nitriles is 1. The van der Waals surface area contributed by atoms with Gasteiger partial charge in [-0.3, -0.25) is 4.79 Å². The number of hydrogen-bond donors (Lipinski definition) is 1. The first-order valence-corrected chi connectivity index (χ1v) is 11.0. The van der Waals surface area contributed by atoms with Gasteiger partial charge in [-0.2, -0.15) is 5.26 Å². The summed E-state index contributed by atoms with van der Waals surface area (Å²) in [6, 6.07) is 2.19. The highest BCUT2D eigenvalue weighted by Crippen LogP contribution is 2.38. The van der Waals surface area contributed by atoms with Crippen molar-refractivity contribution in [3.8, 4) is 6.07 Å². The van der Waals surface area contributed by atoms with Crippen molar-refractivity contribution in [1.82, 2.24) is 19.9 Å². The minimum Gasteiger partial charge on any atom is -0.309 e. The Labute approximate surface area is 171 Å². The van der Waals surface area contributed by atoms with E-state index in [1.807, 2.05) is 20.8 Å². The number of hydrogen-bond acceptors (Lipinski definition) is 7. The van der Waals surface area contributed by atoms with E-state index in [-0.39, 0.29) is 10.8 Å². The van der Waals surface area contributed by atoms with Crippen LogP contribution in [0, 0.1) is 31.1 Å². The smallest absolute Gasteiger partial charge is 0.259 e. The second-order valence-corrected chi connectivity index (χ2v) is 9.80. The molecule has 28 heavy (non-hydrogen) atoms. The zero-order chi connectivity index (χ0) is 20.0. The van der Waals surface area contributed by atoms with E-state index in [9.17, 15) is 10.1 Å². The Hall–Kier alpha value is -2.24. The highest BCUT2D eigenvalue weighted by molar-refractivity contribution is 7.99. The summed E-state index contributed by atoms with van der Waals surface area (Å²) in [6.07, 6.45) is 3.10. The van der Waals surface area contributed by atoms with Crippen LogP contribution < -0.4 is 5.56 Å². The summed E-state index contributed by atoms with van der Waals surface area (Å²) < 4.78 is 0. The zero-order valence-corrected chi connectivity index (χ0v) is 17.9.